The predicted molar refractivity (Wildman–Crippen MR) is 125 cm³/mol. The number of methoxy groups -OCH3 is 1. The number of benzene rings is 2. The van der Waals surface area contributed by atoms with Crippen LogP contribution in [0.15, 0.2) is 76.5 Å². The van der Waals surface area contributed by atoms with E-state index in [1.165, 1.54) is 11.8 Å². The number of carbonyl (C=O) groups excluding carboxylic acids is 1. The van der Waals surface area contributed by atoms with Gasteiger partial charge in [0.25, 0.3) is 0 Å². The number of ether oxygens (including phenoxy) is 1. The molecule has 0 spiro atoms. The van der Waals surface area contributed by atoms with E-state index < -0.39 is 5.25 Å². The van der Waals surface area contributed by atoms with Gasteiger partial charge in [0.2, 0.25) is 5.91 Å². The van der Waals surface area contributed by atoms with Crippen LogP contribution < -0.4 is 10.1 Å². The van der Waals surface area contributed by atoms with Gasteiger partial charge in [0, 0.05) is 11.8 Å². The van der Waals surface area contributed by atoms with E-state index in [0.717, 1.165) is 16.9 Å². The molecule has 4 rings (SSSR count). The molecule has 4 aromatic rings. The number of thioether (sulfide) groups is 1. The molecule has 32 heavy (non-hydrogen) atoms. The van der Waals surface area contributed by atoms with E-state index in [1.54, 1.807) is 19.4 Å². The molecule has 0 saturated carbocycles. The van der Waals surface area contributed by atoms with Crippen molar-refractivity contribution in [3.05, 3.63) is 78.3 Å². The molecule has 0 aliphatic carbocycles. The number of nitrogens with one attached hydrogen (secondary N) is 1. The Kier molecular flexibility index (Phi) is 6.61. The molecule has 1 amide bonds. The summed E-state index contributed by atoms with van der Waals surface area (Å²) < 4.78 is 12.7. The molecular weight excluding hydrogens is 424 g/mol. The number of aromatic nitrogens is 3. The van der Waals surface area contributed by atoms with Gasteiger partial charge >= 0.3 is 0 Å². The lowest BCUT2D eigenvalue weighted by Crippen LogP contribution is -2.23. The fraction of sp³-hybridized carbons (Fsp3) is 0.208. The second kappa shape index (κ2) is 9.74. The van der Waals surface area contributed by atoms with Gasteiger partial charge < -0.3 is 14.5 Å². The summed E-state index contributed by atoms with van der Waals surface area (Å²) in [5, 5.41) is 12.0. The van der Waals surface area contributed by atoms with E-state index in [-0.39, 0.29) is 5.91 Å². The maximum atomic E-state index is 12.8. The van der Waals surface area contributed by atoms with Crippen LogP contribution in [0.3, 0.4) is 0 Å². The molecule has 2 aromatic heterocycles. The summed E-state index contributed by atoms with van der Waals surface area (Å²) in [4.78, 5) is 12.8. The van der Waals surface area contributed by atoms with Crippen molar-refractivity contribution in [3.8, 4) is 17.1 Å². The SMILES string of the molecule is COc1cccc(NC(=O)C(C)Sc2nnc(-c3ccoc3C)n2Cc2ccccc2)c1. The minimum Gasteiger partial charge on any atom is -0.497 e. The Morgan fingerprint density at radius 3 is 2.69 bits per heavy atom. The normalized spacial score (nSPS) is 11.8. The summed E-state index contributed by atoms with van der Waals surface area (Å²) in [6.07, 6.45) is 1.64. The highest BCUT2D eigenvalue weighted by Crippen LogP contribution is 2.30. The highest BCUT2D eigenvalue weighted by molar-refractivity contribution is 8.00. The van der Waals surface area contributed by atoms with Crippen LogP contribution in [0.4, 0.5) is 5.69 Å². The van der Waals surface area contributed by atoms with E-state index in [2.05, 4.69) is 27.6 Å². The van der Waals surface area contributed by atoms with Crippen molar-refractivity contribution >= 4 is 23.4 Å². The van der Waals surface area contributed by atoms with Gasteiger partial charge in [0.1, 0.15) is 11.5 Å². The third-order valence-electron chi connectivity index (χ3n) is 4.99. The van der Waals surface area contributed by atoms with Crippen molar-refractivity contribution in [3.63, 3.8) is 0 Å². The highest BCUT2D eigenvalue weighted by atomic mass is 32.2. The van der Waals surface area contributed by atoms with Crippen LogP contribution in [0.5, 0.6) is 5.75 Å². The van der Waals surface area contributed by atoms with E-state index >= 15 is 0 Å². The zero-order chi connectivity index (χ0) is 22.5. The molecule has 1 atom stereocenters. The fourth-order valence-electron chi connectivity index (χ4n) is 3.26. The van der Waals surface area contributed by atoms with E-state index in [9.17, 15) is 4.79 Å². The Morgan fingerprint density at radius 2 is 1.97 bits per heavy atom. The summed E-state index contributed by atoms with van der Waals surface area (Å²) in [5.41, 5.74) is 2.68. The largest absolute Gasteiger partial charge is 0.497 e. The lowest BCUT2D eigenvalue weighted by molar-refractivity contribution is -0.115. The molecule has 2 aromatic carbocycles. The topological polar surface area (TPSA) is 82.2 Å². The molecule has 7 nitrogen and oxygen atoms in total. The summed E-state index contributed by atoms with van der Waals surface area (Å²) in [7, 11) is 1.60. The number of nitrogens with zero attached hydrogens (tertiary/aromatic N) is 3. The van der Waals surface area contributed by atoms with Crippen LogP contribution in [0, 0.1) is 6.92 Å². The average molecular weight is 449 g/mol. The first-order chi connectivity index (χ1) is 15.5. The summed E-state index contributed by atoms with van der Waals surface area (Å²) in [6, 6.07) is 19.3. The molecule has 0 saturated heterocycles. The maximum absolute atomic E-state index is 12.8. The van der Waals surface area contributed by atoms with E-state index in [0.29, 0.717) is 29.0 Å². The quantitative estimate of drug-likeness (QED) is 0.381. The number of rotatable bonds is 8. The van der Waals surface area contributed by atoms with Gasteiger partial charge in [-0.25, -0.2) is 0 Å². The first kappa shape index (κ1) is 21.7. The first-order valence-corrected chi connectivity index (χ1v) is 11.1. The van der Waals surface area contributed by atoms with Gasteiger partial charge in [0.15, 0.2) is 11.0 Å². The monoisotopic (exact) mass is 448 g/mol. The first-order valence-electron chi connectivity index (χ1n) is 10.2. The van der Waals surface area contributed by atoms with Crippen LogP contribution in [0.25, 0.3) is 11.4 Å². The molecule has 1 N–H and O–H groups in total. The Balaban J connectivity index is 1.57. The number of aryl methyl sites for hydroxylation is 1. The molecular formula is C24H24N4O3S. The predicted octanol–water partition coefficient (Wildman–Crippen LogP) is 5.02. The molecule has 0 bridgehead atoms. The standard InChI is InChI=1S/C24H24N4O3S/c1-16-21(12-13-31-16)22-26-27-24(28(22)15-18-8-5-4-6-9-18)32-17(2)23(29)25-19-10-7-11-20(14-19)30-3/h4-14,17H,15H2,1-3H3,(H,25,29). The third kappa shape index (κ3) is 4.86. The van der Waals surface area contributed by atoms with E-state index in [4.69, 9.17) is 9.15 Å². The van der Waals surface area contributed by atoms with Crippen LogP contribution in [-0.4, -0.2) is 33.0 Å². The zero-order valence-corrected chi connectivity index (χ0v) is 18.9. The lowest BCUT2D eigenvalue weighted by atomic mass is 10.2. The van der Waals surface area contributed by atoms with E-state index in [1.807, 2.05) is 60.9 Å². The van der Waals surface area contributed by atoms with Gasteiger partial charge in [0.05, 0.1) is 30.7 Å². The molecule has 0 aliphatic heterocycles. The van der Waals surface area contributed by atoms with Crippen LogP contribution in [0.1, 0.15) is 18.2 Å². The molecule has 0 radical (unpaired) electrons. The minimum absolute atomic E-state index is 0.126. The molecule has 1 unspecified atom stereocenters. The van der Waals surface area contributed by atoms with Gasteiger partial charge in [-0.2, -0.15) is 0 Å². The number of hydrogen-bond donors (Lipinski definition) is 1. The maximum Gasteiger partial charge on any atom is 0.237 e. The number of carbonyl (C=O) groups is 1. The summed E-state index contributed by atoms with van der Waals surface area (Å²) in [5.74, 6) is 2.04. The fourth-order valence-corrected chi connectivity index (χ4v) is 4.11. The second-order valence-electron chi connectivity index (χ2n) is 7.25. The Labute approximate surface area is 190 Å². The van der Waals surface area contributed by atoms with Crippen molar-refractivity contribution in [2.45, 2.75) is 30.8 Å². The zero-order valence-electron chi connectivity index (χ0n) is 18.1. The van der Waals surface area contributed by atoms with Crippen LogP contribution in [-0.2, 0) is 11.3 Å². The molecule has 0 fully saturated rings. The number of hydrogen-bond acceptors (Lipinski definition) is 6. The molecule has 2 heterocycles. The van der Waals surface area contributed by atoms with Gasteiger partial charge in [-0.1, -0.05) is 48.2 Å². The molecule has 0 aliphatic rings. The van der Waals surface area contributed by atoms with Crippen molar-refractivity contribution in [1.29, 1.82) is 0 Å². The van der Waals surface area contributed by atoms with Gasteiger partial charge in [-0.15, -0.1) is 10.2 Å². The van der Waals surface area contributed by atoms with Crippen molar-refractivity contribution in [1.82, 2.24) is 14.8 Å². The summed E-state index contributed by atoms with van der Waals surface area (Å²) >= 11 is 1.37. The van der Waals surface area contributed by atoms with Crippen molar-refractivity contribution in [2.24, 2.45) is 0 Å². The van der Waals surface area contributed by atoms with Crippen LogP contribution in [0.2, 0.25) is 0 Å². The Hall–Kier alpha value is -3.52. The van der Waals surface area contributed by atoms with Crippen molar-refractivity contribution in [2.75, 3.05) is 12.4 Å². The number of anilines is 1. The lowest BCUT2D eigenvalue weighted by Gasteiger charge is -2.14. The van der Waals surface area contributed by atoms with Crippen LogP contribution >= 0.6 is 11.8 Å². The Morgan fingerprint density at radius 1 is 1.16 bits per heavy atom. The third-order valence-corrected chi connectivity index (χ3v) is 6.07. The molecule has 164 valence electrons. The summed E-state index contributed by atoms with van der Waals surface area (Å²) in [6.45, 7) is 4.33. The minimum atomic E-state index is -0.391. The van der Waals surface area contributed by atoms with Crippen molar-refractivity contribution < 1.29 is 13.9 Å². The Bertz CT molecular complexity index is 1200. The molecule has 8 heteroatoms. The highest BCUT2D eigenvalue weighted by Gasteiger charge is 2.22. The number of amides is 1. The average Bonchev–Trinajstić information content (AvgIpc) is 3.40. The van der Waals surface area contributed by atoms with Gasteiger partial charge in [-0.3, -0.25) is 9.36 Å². The smallest absolute Gasteiger partial charge is 0.237 e. The number of furan rings is 1. The second-order valence-corrected chi connectivity index (χ2v) is 8.56. The van der Waals surface area contributed by atoms with Gasteiger partial charge in [-0.05, 0) is 37.6 Å².